The molecular formula is C17H24N2O5. The summed E-state index contributed by atoms with van der Waals surface area (Å²) >= 11 is 0. The first-order valence-corrected chi connectivity index (χ1v) is 7.66. The third kappa shape index (κ3) is 6.28. The fraction of sp³-hybridized carbons (Fsp3) is 0.471. The maximum absolute atomic E-state index is 11.8. The highest BCUT2D eigenvalue weighted by Crippen LogP contribution is 2.18. The van der Waals surface area contributed by atoms with Crippen LogP contribution in [0.1, 0.15) is 32.8 Å². The highest BCUT2D eigenvalue weighted by Gasteiger charge is 2.33. The number of alkyl carbamates (subject to hydrolysis) is 1. The molecule has 0 saturated carbocycles. The fourth-order valence-corrected chi connectivity index (χ4v) is 2.36. The molecule has 2 amide bonds. The van der Waals surface area contributed by atoms with Crippen molar-refractivity contribution < 1.29 is 24.2 Å². The average molecular weight is 336 g/mol. The summed E-state index contributed by atoms with van der Waals surface area (Å²) in [7, 11) is 0. The van der Waals surface area contributed by atoms with E-state index in [9.17, 15) is 19.5 Å². The second-order valence-electron chi connectivity index (χ2n) is 6.32. The van der Waals surface area contributed by atoms with E-state index in [2.05, 4.69) is 5.32 Å². The third-order valence-electron chi connectivity index (χ3n) is 3.36. The highest BCUT2D eigenvalue weighted by molar-refractivity contribution is 5.69. The summed E-state index contributed by atoms with van der Waals surface area (Å²) < 4.78 is 5.08. The van der Waals surface area contributed by atoms with Crippen molar-refractivity contribution >= 4 is 18.5 Å². The molecule has 24 heavy (non-hydrogen) atoms. The molecule has 0 unspecified atom stereocenters. The van der Waals surface area contributed by atoms with E-state index >= 15 is 0 Å². The Hall–Kier alpha value is -2.57. The SMILES string of the molecule is CC(C)(C)N(C(=O)O)[C@@H](CC=O)CNC(=O)OCc1ccccc1. The van der Waals surface area contributed by atoms with Crippen LogP contribution in [0, 0.1) is 0 Å². The van der Waals surface area contributed by atoms with Crippen LogP contribution in [-0.4, -0.2) is 46.6 Å². The number of nitrogens with zero attached hydrogens (tertiary/aromatic N) is 1. The van der Waals surface area contributed by atoms with Crippen LogP contribution < -0.4 is 5.32 Å². The number of hydrogen-bond acceptors (Lipinski definition) is 4. The monoisotopic (exact) mass is 336 g/mol. The molecule has 0 bridgehead atoms. The van der Waals surface area contributed by atoms with E-state index in [-0.39, 0.29) is 19.6 Å². The number of aldehydes is 1. The molecule has 0 heterocycles. The Labute approximate surface area is 141 Å². The summed E-state index contributed by atoms with van der Waals surface area (Å²) in [5, 5.41) is 11.9. The molecule has 7 nitrogen and oxygen atoms in total. The first kappa shape index (κ1) is 19.5. The number of hydrogen-bond donors (Lipinski definition) is 2. The average Bonchev–Trinajstić information content (AvgIpc) is 2.50. The van der Waals surface area contributed by atoms with Gasteiger partial charge in [0.2, 0.25) is 0 Å². The van der Waals surface area contributed by atoms with Crippen molar-refractivity contribution in [2.75, 3.05) is 6.54 Å². The van der Waals surface area contributed by atoms with Gasteiger partial charge in [-0.05, 0) is 26.3 Å². The standard InChI is InChI=1S/C17H24N2O5/c1-17(2,3)19(16(22)23)14(9-10-20)11-18-15(21)24-12-13-7-5-4-6-8-13/h4-8,10,14H,9,11-12H2,1-3H3,(H,18,21)(H,22,23)/t14-/m0/s1. The van der Waals surface area contributed by atoms with Gasteiger partial charge < -0.3 is 20.0 Å². The van der Waals surface area contributed by atoms with Gasteiger partial charge in [-0.15, -0.1) is 0 Å². The lowest BCUT2D eigenvalue weighted by Gasteiger charge is -2.39. The minimum atomic E-state index is -1.14. The lowest BCUT2D eigenvalue weighted by molar-refractivity contribution is -0.109. The Morgan fingerprint density at radius 2 is 1.92 bits per heavy atom. The van der Waals surface area contributed by atoms with Crippen LogP contribution in [0.2, 0.25) is 0 Å². The maximum Gasteiger partial charge on any atom is 0.408 e. The van der Waals surface area contributed by atoms with Gasteiger partial charge in [-0.3, -0.25) is 4.90 Å². The van der Waals surface area contributed by atoms with E-state index in [1.165, 1.54) is 4.90 Å². The molecule has 1 atom stereocenters. The smallest absolute Gasteiger partial charge is 0.408 e. The Bertz CT molecular complexity index is 554. The zero-order valence-electron chi connectivity index (χ0n) is 14.2. The van der Waals surface area contributed by atoms with Gasteiger partial charge in [0.1, 0.15) is 12.9 Å². The number of amides is 2. The van der Waals surface area contributed by atoms with Gasteiger partial charge in [0.25, 0.3) is 0 Å². The zero-order valence-corrected chi connectivity index (χ0v) is 14.2. The second kappa shape index (κ2) is 8.90. The third-order valence-corrected chi connectivity index (χ3v) is 3.36. The van der Waals surface area contributed by atoms with Crippen LogP contribution in [0.5, 0.6) is 0 Å². The van der Waals surface area contributed by atoms with Crippen LogP contribution in [0.4, 0.5) is 9.59 Å². The topological polar surface area (TPSA) is 95.9 Å². The van der Waals surface area contributed by atoms with Crippen LogP contribution >= 0.6 is 0 Å². The Balaban J connectivity index is 2.60. The van der Waals surface area contributed by atoms with Crippen molar-refractivity contribution in [3.05, 3.63) is 35.9 Å². The van der Waals surface area contributed by atoms with Gasteiger partial charge in [0.15, 0.2) is 0 Å². The molecule has 2 N–H and O–H groups in total. The maximum atomic E-state index is 11.8. The summed E-state index contributed by atoms with van der Waals surface area (Å²) in [6.45, 7) is 5.30. The number of ether oxygens (including phenoxy) is 1. The van der Waals surface area contributed by atoms with E-state index in [0.717, 1.165) is 5.56 Å². The molecule has 0 aliphatic heterocycles. The molecule has 0 fully saturated rings. The summed E-state index contributed by atoms with van der Waals surface area (Å²) in [5.74, 6) is 0. The molecule has 1 rings (SSSR count). The van der Waals surface area contributed by atoms with Crippen molar-refractivity contribution in [2.45, 2.75) is 45.4 Å². The summed E-state index contributed by atoms with van der Waals surface area (Å²) in [5.41, 5.74) is 0.147. The van der Waals surface area contributed by atoms with Crippen molar-refractivity contribution in [3.8, 4) is 0 Å². The molecule has 0 aliphatic rings. The number of rotatable bonds is 7. The van der Waals surface area contributed by atoms with Crippen LogP contribution in [0.25, 0.3) is 0 Å². The van der Waals surface area contributed by atoms with Crippen molar-refractivity contribution in [2.24, 2.45) is 0 Å². The molecule has 0 aromatic heterocycles. The first-order valence-electron chi connectivity index (χ1n) is 7.66. The molecule has 7 heteroatoms. The summed E-state index contributed by atoms with van der Waals surface area (Å²) in [6.07, 6.45) is -1.17. The second-order valence-corrected chi connectivity index (χ2v) is 6.32. The normalized spacial score (nSPS) is 12.1. The molecule has 0 aliphatic carbocycles. The minimum absolute atomic E-state index is 0.00403. The van der Waals surface area contributed by atoms with Gasteiger partial charge in [0, 0.05) is 18.5 Å². The number of carboxylic acid groups (broad SMARTS) is 1. The van der Waals surface area contributed by atoms with Crippen LogP contribution in [0.15, 0.2) is 30.3 Å². The van der Waals surface area contributed by atoms with Crippen molar-refractivity contribution in [1.29, 1.82) is 0 Å². The fourth-order valence-electron chi connectivity index (χ4n) is 2.36. The molecule has 132 valence electrons. The van der Waals surface area contributed by atoms with Gasteiger partial charge >= 0.3 is 12.2 Å². The van der Waals surface area contributed by atoms with Gasteiger partial charge in [0.05, 0.1) is 6.04 Å². The van der Waals surface area contributed by atoms with E-state index in [4.69, 9.17) is 4.74 Å². The molecule has 1 aromatic rings. The molecule has 0 radical (unpaired) electrons. The number of carbonyl (C=O) groups is 3. The summed E-state index contributed by atoms with van der Waals surface area (Å²) in [4.78, 5) is 35.3. The predicted molar refractivity (Wildman–Crippen MR) is 88.7 cm³/mol. The number of benzene rings is 1. The molecule has 0 spiro atoms. The lowest BCUT2D eigenvalue weighted by Crippen LogP contribution is -2.55. The zero-order chi connectivity index (χ0) is 18.2. The number of carbonyl (C=O) groups excluding carboxylic acids is 2. The lowest BCUT2D eigenvalue weighted by atomic mass is 10.0. The number of nitrogens with one attached hydrogen (secondary N) is 1. The predicted octanol–water partition coefficient (Wildman–Crippen LogP) is 2.65. The highest BCUT2D eigenvalue weighted by atomic mass is 16.5. The van der Waals surface area contributed by atoms with Gasteiger partial charge in [-0.1, -0.05) is 30.3 Å². The van der Waals surface area contributed by atoms with E-state index in [1.807, 2.05) is 30.3 Å². The quantitative estimate of drug-likeness (QED) is 0.746. The Morgan fingerprint density at radius 3 is 2.42 bits per heavy atom. The first-order chi connectivity index (χ1) is 11.3. The van der Waals surface area contributed by atoms with Crippen LogP contribution in [-0.2, 0) is 16.1 Å². The molecule has 0 saturated heterocycles. The van der Waals surface area contributed by atoms with Crippen molar-refractivity contribution in [1.82, 2.24) is 10.2 Å². The Kier molecular flexibility index (Phi) is 7.23. The minimum Gasteiger partial charge on any atom is -0.465 e. The van der Waals surface area contributed by atoms with E-state index in [0.29, 0.717) is 6.29 Å². The van der Waals surface area contributed by atoms with E-state index in [1.54, 1.807) is 20.8 Å². The van der Waals surface area contributed by atoms with Crippen molar-refractivity contribution in [3.63, 3.8) is 0 Å². The van der Waals surface area contributed by atoms with Gasteiger partial charge in [-0.25, -0.2) is 9.59 Å². The van der Waals surface area contributed by atoms with E-state index < -0.39 is 23.8 Å². The summed E-state index contributed by atoms with van der Waals surface area (Å²) in [6, 6.07) is 8.53. The molecular weight excluding hydrogens is 312 g/mol. The van der Waals surface area contributed by atoms with Gasteiger partial charge in [-0.2, -0.15) is 0 Å². The molecule has 1 aromatic carbocycles. The van der Waals surface area contributed by atoms with Crippen LogP contribution in [0.3, 0.4) is 0 Å². The Morgan fingerprint density at radius 1 is 1.29 bits per heavy atom. The largest absolute Gasteiger partial charge is 0.465 e.